The number of nitrogens with zero attached hydrogens (tertiary/aromatic N) is 6. The van der Waals surface area contributed by atoms with Crippen LogP contribution in [-0.2, 0) is 7.05 Å². The molecule has 0 amide bonds. The van der Waals surface area contributed by atoms with E-state index in [1.807, 2.05) is 42.7 Å². The average Bonchev–Trinajstić information content (AvgIpc) is 3.23. The highest BCUT2D eigenvalue weighted by Crippen LogP contribution is 2.39. The molecule has 0 bridgehead atoms. The van der Waals surface area contributed by atoms with Crippen LogP contribution >= 0.6 is 0 Å². The van der Waals surface area contributed by atoms with Crippen molar-refractivity contribution in [1.82, 2.24) is 19.7 Å². The molecule has 9 nitrogen and oxygen atoms in total. The molecule has 2 heterocycles. The highest BCUT2D eigenvalue weighted by molar-refractivity contribution is 5.86. The van der Waals surface area contributed by atoms with Gasteiger partial charge in [0.15, 0.2) is 0 Å². The van der Waals surface area contributed by atoms with E-state index in [0.717, 1.165) is 55.1 Å². The van der Waals surface area contributed by atoms with Gasteiger partial charge in [0.1, 0.15) is 36.1 Å². The van der Waals surface area contributed by atoms with Gasteiger partial charge in [-0.2, -0.15) is 5.26 Å². The lowest BCUT2D eigenvalue weighted by molar-refractivity contribution is 0.261. The Morgan fingerprint density at radius 3 is 2.62 bits per heavy atom. The summed E-state index contributed by atoms with van der Waals surface area (Å²) >= 11 is 0. The largest absolute Gasteiger partial charge is 0.491 e. The predicted molar refractivity (Wildman–Crippen MR) is 126 cm³/mol. The quantitative estimate of drug-likeness (QED) is 0.601. The Labute approximate surface area is 189 Å². The molecule has 3 rings (SSSR count). The van der Waals surface area contributed by atoms with Gasteiger partial charge in [-0.1, -0.05) is 0 Å². The van der Waals surface area contributed by atoms with Crippen LogP contribution in [0.3, 0.4) is 0 Å². The van der Waals surface area contributed by atoms with Crippen molar-refractivity contribution < 1.29 is 4.74 Å². The average molecular weight is 437 g/mol. The highest BCUT2D eigenvalue weighted by atomic mass is 16.5. The first-order valence-electron chi connectivity index (χ1n) is 10.7. The Bertz CT molecular complexity index is 1010. The third-order valence-corrected chi connectivity index (χ3v) is 5.74. The number of nitrogens with two attached hydrogens (primary N) is 2. The summed E-state index contributed by atoms with van der Waals surface area (Å²) in [6.07, 6.45) is 8.28. The van der Waals surface area contributed by atoms with Crippen molar-refractivity contribution in [3.63, 3.8) is 0 Å². The maximum atomic E-state index is 10.1. The van der Waals surface area contributed by atoms with Crippen molar-refractivity contribution in [3.05, 3.63) is 53.9 Å². The van der Waals surface area contributed by atoms with Gasteiger partial charge in [-0.25, -0.2) is 0 Å². The number of allylic oxidation sites excluding steroid dienone is 2. The monoisotopic (exact) mass is 436 g/mol. The molecule has 1 aromatic carbocycles. The van der Waals surface area contributed by atoms with E-state index in [1.165, 1.54) is 12.4 Å². The van der Waals surface area contributed by atoms with Crippen LogP contribution < -0.4 is 21.1 Å². The number of piperidine rings is 1. The lowest BCUT2D eigenvalue weighted by Gasteiger charge is -2.35. The standard InChI is InChI=1S/C23H32N8O/c1-29(2)12-13-32-21-5-4-19(18(14-25)6-9-24)22(20(21)15-26)31-10-7-17(8-11-31)23-28-27-16-30(23)3/h4-6,9,14,16-17H,7-8,10-13,24-25H2,1-3H3/b9-6-,18-14+. The number of benzene rings is 1. The molecule has 0 saturated carbocycles. The van der Waals surface area contributed by atoms with E-state index in [9.17, 15) is 5.26 Å². The zero-order valence-corrected chi connectivity index (χ0v) is 19.0. The lowest BCUT2D eigenvalue weighted by atomic mass is 9.92. The van der Waals surface area contributed by atoms with Gasteiger partial charge in [0, 0.05) is 49.9 Å². The van der Waals surface area contributed by atoms with E-state index in [4.69, 9.17) is 16.2 Å². The van der Waals surface area contributed by atoms with Crippen LogP contribution in [0, 0.1) is 11.3 Å². The number of aryl methyl sites for hydroxylation is 1. The molecule has 1 aliphatic heterocycles. The second kappa shape index (κ2) is 10.7. The topological polar surface area (TPSA) is 122 Å². The molecule has 1 saturated heterocycles. The van der Waals surface area contributed by atoms with Gasteiger partial charge in [-0.05, 0) is 51.3 Å². The van der Waals surface area contributed by atoms with Gasteiger partial charge in [0.2, 0.25) is 0 Å². The van der Waals surface area contributed by atoms with Crippen molar-refractivity contribution in [3.8, 4) is 11.8 Å². The number of likely N-dealkylation sites (N-methyl/N-ethyl adjacent to an activating group) is 1. The molecule has 0 unspecified atom stereocenters. The molecule has 1 aliphatic rings. The molecular formula is C23H32N8O. The summed E-state index contributed by atoms with van der Waals surface area (Å²) in [7, 11) is 5.95. The van der Waals surface area contributed by atoms with E-state index in [1.54, 1.807) is 12.4 Å². The van der Waals surface area contributed by atoms with Crippen molar-refractivity contribution in [2.75, 3.05) is 45.2 Å². The maximum Gasteiger partial charge on any atom is 0.139 e. The van der Waals surface area contributed by atoms with Gasteiger partial charge in [-0.15, -0.1) is 10.2 Å². The zero-order chi connectivity index (χ0) is 23.1. The van der Waals surface area contributed by atoms with E-state index in [0.29, 0.717) is 23.8 Å². The number of rotatable bonds is 8. The van der Waals surface area contributed by atoms with Gasteiger partial charge >= 0.3 is 0 Å². The lowest BCUT2D eigenvalue weighted by Crippen LogP contribution is -2.35. The summed E-state index contributed by atoms with van der Waals surface area (Å²) in [4.78, 5) is 4.29. The number of anilines is 1. The second-order valence-electron chi connectivity index (χ2n) is 8.14. The molecule has 4 N–H and O–H groups in total. The third kappa shape index (κ3) is 5.03. The Morgan fingerprint density at radius 2 is 2.06 bits per heavy atom. The van der Waals surface area contributed by atoms with Crippen LogP contribution in [0.4, 0.5) is 5.69 Å². The SMILES string of the molecule is CN(C)CCOc1ccc(C(/C=C\N)=C/N)c(N2CCC(c3nncn3C)CC2)c1C#N. The van der Waals surface area contributed by atoms with Crippen molar-refractivity contribution in [1.29, 1.82) is 5.26 Å². The fourth-order valence-electron chi connectivity index (χ4n) is 4.06. The Morgan fingerprint density at radius 1 is 1.31 bits per heavy atom. The minimum atomic E-state index is 0.334. The summed E-state index contributed by atoms with van der Waals surface area (Å²) in [6.45, 7) is 2.82. The molecule has 2 aromatic rings. The van der Waals surface area contributed by atoms with E-state index in [2.05, 4.69) is 21.2 Å². The van der Waals surface area contributed by atoms with Crippen LogP contribution in [-0.4, -0.2) is 60.0 Å². The normalized spacial score (nSPS) is 15.5. The zero-order valence-electron chi connectivity index (χ0n) is 19.0. The van der Waals surface area contributed by atoms with Gasteiger partial charge < -0.3 is 30.6 Å². The Kier molecular flexibility index (Phi) is 7.73. The molecule has 1 fully saturated rings. The molecule has 1 aromatic heterocycles. The highest BCUT2D eigenvalue weighted by Gasteiger charge is 2.28. The molecule has 9 heteroatoms. The molecule has 0 radical (unpaired) electrons. The van der Waals surface area contributed by atoms with Crippen LogP contribution in [0.1, 0.15) is 35.7 Å². The van der Waals surface area contributed by atoms with Gasteiger partial charge in [0.05, 0.1) is 5.69 Å². The number of hydrogen-bond donors (Lipinski definition) is 2. The first kappa shape index (κ1) is 23.2. The second-order valence-corrected chi connectivity index (χ2v) is 8.14. The molecule has 0 aliphatic carbocycles. The molecular weight excluding hydrogens is 404 g/mol. The minimum absolute atomic E-state index is 0.334. The molecule has 170 valence electrons. The van der Waals surface area contributed by atoms with E-state index >= 15 is 0 Å². The fourth-order valence-corrected chi connectivity index (χ4v) is 4.06. The van der Waals surface area contributed by atoms with Crippen molar-refractivity contribution >= 4 is 11.3 Å². The van der Waals surface area contributed by atoms with Crippen LogP contribution in [0.15, 0.2) is 36.9 Å². The first-order chi connectivity index (χ1) is 15.5. The minimum Gasteiger partial charge on any atom is -0.491 e. The van der Waals surface area contributed by atoms with Gasteiger partial charge in [0.25, 0.3) is 0 Å². The smallest absolute Gasteiger partial charge is 0.139 e. The number of aromatic nitrogens is 3. The van der Waals surface area contributed by atoms with Crippen LogP contribution in [0.25, 0.3) is 5.57 Å². The van der Waals surface area contributed by atoms with E-state index < -0.39 is 0 Å². The van der Waals surface area contributed by atoms with Gasteiger partial charge in [-0.3, -0.25) is 0 Å². The van der Waals surface area contributed by atoms with Crippen molar-refractivity contribution in [2.24, 2.45) is 18.5 Å². The Balaban J connectivity index is 1.95. The first-order valence-corrected chi connectivity index (χ1v) is 10.7. The molecule has 0 atom stereocenters. The van der Waals surface area contributed by atoms with Crippen molar-refractivity contribution in [2.45, 2.75) is 18.8 Å². The number of ether oxygens (including phenoxy) is 1. The summed E-state index contributed by atoms with van der Waals surface area (Å²) in [6, 6.07) is 6.17. The summed E-state index contributed by atoms with van der Waals surface area (Å²) in [5.74, 6) is 1.91. The summed E-state index contributed by atoms with van der Waals surface area (Å²) in [5.41, 5.74) is 14.5. The summed E-state index contributed by atoms with van der Waals surface area (Å²) < 4.78 is 7.97. The Hall–Kier alpha value is -3.51. The third-order valence-electron chi connectivity index (χ3n) is 5.74. The molecule has 32 heavy (non-hydrogen) atoms. The number of nitriles is 1. The van der Waals surface area contributed by atoms with Crippen LogP contribution in [0.2, 0.25) is 0 Å². The fraction of sp³-hybridized carbons (Fsp3) is 0.435. The number of hydrogen-bond acceptors (Lipinski definition) is 8. The van der Waals surface area contributed by atoms with Crippen LogP contribution in [0.5, 0.6) is 5.75 Å². The molecule has 0 spiro atoms. The summed E-state index contributed by atoms with van der Waals surface area (Å²) in [5, 5.41) is 18.4. The van der Waals surface area contributed by atoms with E-state index in [-0.39, 0.29) is 0 Å². The maximum absolute atomic E-state index is 10.1. The predicted octanol–water partition coefficient (Wildman–Crippen LogP) is 1.78.